The third kappa shape index (κ3) is 3.22. The van der Waals surface area contributed by atoms with Gasteiger partial charge in [-0.05, 0) is 63.8 Å². The standard InChI is InChI=1S/C17H30N2/c1-2-10-18-15-11-16-8-9-17(12-15)19(16)13-14-6-4-3-5-7-14/h3-4,14-18H,2,5-13H2,1H3. The number of rotatable bonds is 5. The molecule has 2 saturated heterocycles. The van der Waals surface area contributed by atoms with Crippen LogP contribution >= 0.6 is 0 Å². The predicted octanol–water partition coefficient (Wildman–Crippen LogP) is 3.34. The van der Waals surface area contributed by atoms with E-state index >= 15 is 0 Å². The van der Waals surface area contributed by atoms with Gasteiger partial charge in [0.2, 0.25) is 0 Å². The SMILES string of the molecule is CCCNC1CC2CCC(C1)N2CC1CC=CCC1. The minimum absolute atomic E-state index is 0.806. The van der Waals surface area contributed by atoms with E-state index in [1.807, 2.05) is 0 Å². The summed E-state index contributed by atoms with van der Waals surface area (Å²) in [6.07, 6.45) is 15.8. The molecular formula is C17H30N2. The molecule has 2 heterocycles. The van der Waals surface area contributed by atoms with Crippen molar-refractivity contribution in [3.8, 4) is 0 Å². The molecule has 0 amide bonds. The summed E-state index contributed by atoms with van der Waals surface area (Å²) in [5.74, 6) is 0.938. The molecule has 2 bridgehead atoms. The number of nitrogens with zero attached hydrogens (tertiary/aromatic N) is 1. The average molecular weight is 262 g/mol. The molecule has 0 radical (unpaired) electrons. The van der Waals surface area contributed by atoms with E-state index in [-0.39, 0.29) is 0 Å². The van der Waals surface area contributed by atoms with Crippen molar-refractivity contribution in [2.75, 3.05) is 13.1 Å². The minimum atomic E-state index is 0.806. The van der Waals surface area contributed by atoms with Crippen LogP contribution in [0, 0.1) is 5.92 Å². The third-order valence-corrected chi connectivity index (χ3v) is 5.41. The topological polar surface area (TPSA) is 15.3 Å². The Bertz CT molecular complexity index is 298. The molecule has 0 saturated carbocycles. The van der Waals surface area contributed by atoms with Gasteiger partial charge in [0.05, 0.1) is 0 Å². The number of nitrogens with one attached hydrogen (secondary N) is 1. The molecule has 0 spiro atoms. The van der Waals surface area contributed by atoms with Crippen LogP contribution in [0.1, 0.15) is 58.3 Å². The summed E-state index contributed by atoms with van der Waals surface area (Å²) in [6, 6.07) is 2.58. The van der Waals surface area contributed by atoms with Gasteiger partial charge in [-0.2, -0.15) is 0 Å². The zero-order valence-electron chi connectivity index (χ0n) is 12.5. The highest BCUT2D eigenvalue weighted by Crippen LogP contribution is 2.37. The molecule has 0 aromatic heterocycles. The summed E-state index contributed by atoms with van der Waals surface area (Å²) in [5.41, 5.74) is 0. The molecule has 3 unspecified atom stereocenters. The molecular weight excluding hydrogens is 232 g/mol. The van der Waals surface area contributed by atoms with Crippen LogP contribution in [0.3, 0.4) is 0 Å². The summed E-state index contributed by atoms with van der Waals surface area (Å²) in [6.45, 7) is 4.85. The molecule has 1 N–H and O–H groups in total. The highest BCUT2D eigenvalue weighted by atomic mass is 15.2. The van der Waals surface area contributed by atoms with Crippen molar-refractivity contribution in [3.63, 3.8) is 0 Å². The number of hydrogen-bond acceptors (Lipinski definition) is 2. The van der Waals surface area contributed by atoms with Crippen molar-refractivity contribution in [1.82, 2.24) is 10.2 Å². The van der Waals surface area contributed by atoms with Gasteiger partial charge in [-0.1, -0.05) is 19.1 Å². The van der Waals surface area contributed by atoms with E-state index in [1.165, 1.54) is 64.5 Å². The molecule has 2 heteroatoms. The van der Waals surface area contributed by atoms with Crippen LogP contribution < -0.4 is 5.32 Å². The second-order valence-electron chi connectivity index (χ2n) is 6.85. The van der Waals surface area contributed by atoms with Crippen LogP contribution in [0.25, 0.3) is 0 Å². The smallest absolute Gasteiger partial charge is 0.0114 e. The van der Waals surface area contributed by atoms with Gasteiger partial charge < -0.3 is 5.32 Å². The molecule has 3 aliphatic rings. The van der Waals surface area contributed by atoms with E-state index in [4.69, 9.17) is 0 Å². The maximum Gasteiger partial charge on any atom is 0.0114 e. The van der Waals surface area contributed by atoms with Crippen LogP contribution in [0.5, 0.6) is 0 Å². The van der Waals surface area contributed by atoms with Gasteiger partial charge in [0, 0.05) is 24.7 Å². The Morgan fingerprint density at radius 2 is 1.89 bits per heavy atom. The van der Waals surface area contributed by atoms with Crippen LogP contribution in [0.4, 0.5) is 0 Å². The molecule has 3 rings (SSSR count). The van der Waals surface area contributed by atoms with Gasteiger partial charge in [0.25, 0.3) is 0 Å². The fourth-order valence-electron chi connectivity index (χ4n) is 4.41. The Labute approximate surface area is 118 Å². The van der Waals surface area contributed by atoms with Gasteiger partial charge in [0.1, 0.15) is 0 Å². The summed E-state index contributed by atoms with van der Waals surface area (Å²) in [4.78, 5) is 2.88. The number of piperidine rings is 1. The van der Waals surface area contributed by atoms with Crippen molar-refractivity contribution in [1.29, 1.82) is 0 Å². The van der Waals surface area contributed by atoms with Gasteiger partial charge in [0.15, 0.2) is 0 Å². The molecule has 19 heavy (non-hydrogen) atoms. The van der Waals surface area contributed by atoms with Crippen LogP contribution in [0.2, 0.25) is 0 Å². The Kier molecular flexibility index (Phi) is 4.60. The van der Waals surface area contributed by atoms with E-state index in [1.54, 1.807) is 0 Å². The molecule has 0 aromatic rings. The zero-order valence-corrected chi connectivity index (χ0v) is 12.5. The highest BCUT2D eigenvalue weighted by molar-refractivity contribution is 4.99. The number of hydrogen-bond donors (Lipinski definition) is 1. The van der Waals surface area contributed by atoms with Crippen molar-refractivity contribution >= 4 is 0 Å². The van der Waals surface area contributed by atoms with Crippen molar-refractivity contribution in [3.05, 3.63) is 12.2 Å². The van der Waals surface area contributed by atoms with Gasteiger partial charge >= 0.3 is 0 Å². The van der Waals surface area contributed by atoms with Crippen LogP contribution in [-0.4, -0.2) is 36.1 Å². The first-order valence-corrected chi connectivity index (χ1v) is 8.51. The zero-order chi connectivity index (χ0) is 13.1. The normalized spacial score (nSPS) is 38.8. The first kappa shape index (κ1) is 13.6. The van der Waals surface area contributed by atoms with E-state index in [2.05, 4.69) is 29.3 Å². The predicted molar refractivity (Wildman–Crippen MR) is 81.3 cm³/mol. The van der Waals surface area contributed by atoms with E-state index in [9.17, 15) is 0 Å². The second-order valence-corrected chi connectivity index (χ2v) is 6.85. The van der Waals surface area contributed by atoms with E-state index < -0.39 is 0 Å². The van der Waals surface area contributed by atoms with Crippen molar-refractivity contribution in [2.45, 2.75) is 76.4 Å². The molecule has 1 aliphatic carbocycles. The summed E-state index contributed by atoms with van der Waals surface area (Å²) >= 11 is 0. The summed E-state index contributed by atoms with van der Waals surface area (Å²) in [7, 11) is 0. The number of fused-ring (bicyclic) bond motifs is 2. The number of allylic oxidation sites excluding steroid dienone is 2. The molecule has 108 valence electrons. The maximum absolute atomic E-state index is 3.76. The van der Waals surface area contributed by atoms with Crippen molar-refractivity contribution in [2.24, 2.45) is 5.92 Å². The Hall–Kier alpha value is -0.340. The highest BCUT2D eigenvalue weighted by Gasteiger charge is 2.40. The third-order valence-electron chi connectivity index (χ3n) is 5.41. The van der Waals surface area contributed by atoms with Gasteiger partial charge in [-0.25, -0.2) is 0 Å². The minimum Gasteiger partial charge on any atom is -0.314 e. The van der Waals surface area contributed by atoms with Gasteiger partial charge in [-0.3, -0.25) is 4.90 Å². The fraction of sp³-hybridized carbons (Fsp3) is 0.882. The van der Waals surface area contributed by atoms with Gasteiger partial charge in [-0.15, -0.1) is 0 Å². The Morgan fingerprint density at radius 3 is 2.53 bits per heavy atom. The Morgan fingerprint density at radius 1 is 1.11 bits per heavy atom. The second kappa shape index (κ2) is 6.41. The average Bonchev–Trinajstić information content (AvgIpc) is 2.69. The monoisotopic (exact) mass is 262 g/mol. The van der Waals surface area contributed by atoms with Crippen LogP contribution in [0.15, 0.2) is 12.2 Å². The van der Waals surface area contributed by atoms with E-state index in [0.29, 0.717) is 0 Å². The summed E-state index contributed by atoms with van der Waals surface area (Å²) in [5, 5.41) is 3.76. The summed E-state index contributed by atoms with van der Waals surface area (Å²) < 4.78 is 0. The lowest BCUT2D eigenvalue weighted by Crippen LogP contribution is -2.50. The lowest BCUT2D eigenvalue weighted by Gasteiger charge is -2.41. The maximum atomic E-state index is 3.76. The first-order chi connectivity index (χ1) is 9.36. The lowest BCUT2D eigenvalue weighted by molar-refractivity contribution is 0.0953. The quantitative estimate of drug-likeness (QED) is 0.765. The molecule has 3 atom stereocenters. The van der Waals surface area contributed by atoms with Crippen LogP contribution in [-0.2, 0) is 0 Å². The lowest BCUT2D eigenvalue weighted by atomic mass is 9.90. The molecule has 0 aromatic carbocycles. The first-order valence-electron chi connectivity index (χ1n) is 8.51. The Balaban J connectivity index is 1.52. The largest absolute Gasteiger partial charge is 0.314 e. The molecule has 2 nitrogen and oxygen atoms in total. The molecule has 2 aliphatic heterocycles. The fourth-order valence-corrected chi connectivity index (χ4v) is 4.41. The van der Waals surface area contributed by atoms with E-state index in [0.717, 1.165) is 24.0 Å². The van der Waals surface area contributed by atoms with Crippen molar-refractivity contribution < 1.29 is 0 Å². The molecule has 2 fully saturated rings.